The number of hydrogen-bond donors (Lipinski definition) is 2. The number of aliphatic hydroxyl groups is 1. The fourth-order valence-corrected chi connectivity index (χ4v) is 7.76. The van der Waals surface area contributed by atoms with Crippen LogP contribution in [0.4, 0.5) is 5.13 Å². The lowest BCUT2D eigenvalue weighted by Crippen LogP contribution is -2.60. The third-order valence-corrected chi connectivity index (χ3v) is 10.6. The number of pyridine rings is 1. The van der Waals surface area contributed by atoms with E-state index in [1.54, 1.807) is 24.7 Å². The number of hydrogen-bond acceptors (Lipinski definition) is 10. The van der Waals surface area contributed by atoms with Crippen LogP contribution in [-0.4, -0.2) is 90.6 Å². The van der Waals surface area contributed by atoms with Gasteiger partial charge in [0.15, 0.2) is 11.0 Å². The van der Waals surface area contributed by atoms with E-state index in [1.807, 2.05) is 29.2 Å². The summed E-state index contributed by atoms with van der Waals surface area (Å²) in [6.07, 6.45) is 9.91. The zero-order valence-corrected chi connectivity index (χ0v) is 26.7. The van der Waals surface area contributed by atoms with Gasteiger partial charge in [0.25, 0.3) is 5.91 Å². The van der Waals surface area contributed by atoms with Crippen LogP contribution in [0, 0.1) is 5.92 Å². The number of rotatable bonds is 9. The van der Waals surface area contributed by atoms with Crippen LogP contribution in [-0.2, 0) is 16.1 Å². The van der Waals surface area contributed by atoms with Gasteiger partial charge in [-0.05, 0) is 68.4 Å². The Balaban J connectivity index is 0.914. The minimum absolute atomic E-state index is 0.0131. The summed E-state index contributed by atoms with van der Waals surface area (Å²) in [4.78, 5) is 48.3. The van der Waals surface area contributed by atoms with Gasteiger partial charge < -0.3 is 20.1 Å². The molecule has 2 aliphatic carbocycles. The molecular formula is C34H39N7O4S. The molecule has 1 saturated heterocycles. The van der Waals surface area contributed by atoms with Crippen LogP contribution in [0.1, 0.15) is 61.8 Å². The van der Waals surface area contributed by atoms with E-state index in [1.165, 1.54) is 11.3 Å². The summed E-state index contributed by atoms with van der Waals surface area (Å²) in [7, 11) is 0. The van der Waals surface area contributed by atoms with Crippen molar-refractivity contribution in [3.05, 3.63) is 66.5 Å². The zero-order valence-electron chi connectivity index (χ0n) is 25.9. The maximum absolute atomic E-state index is 13.2. The average molecular weight is 642 g/mol. The first-order valence-corrected chi connectivity index (χ1v) is 17.0. The summed E-state index contributed by atoms with van der Waals surface area (Å²) < 4.78 is 6.78. The first-order chi connectivity index (χ1) is 22.4. The van der Waals surface area contributed by atoms with Gasteiger partial charge in [-0.3, -0.25) is 19.5 Å². The third-order valence-electron chi connectivity index (χ3n) is 9.63. The Kier molecular flexibility index (Phi) is 9.03. The molecule has 0 spiro atoms. The summed E-state index contributed by atoms with van der Waals surface area (Å²) >= 11 is 1.47. The highest BCUT2D eigenvalue weighted by Crippen LogP contribution is 2.37. The van der Waals surface area contributed by atoms with E-state index in [4.69, 9.17) is 4.74 Å². The molecule has 12 heteroatoms. The lowest BCUT2D eigenvalue weighted by atomic mass is 9.77. The molecule has 2 saturated carbocycles. The normalized spacial score (nSPS) is 25.0. The number of ether oxygens (including phenoxy) is 1. The summed E-state index contributed by atoms with van der Waals surface area (Å²) in [6, 6.07) is 12.0. The van der Waals surface area contributed by atoms with Crippen LogP contribution in [0.3, 0.4) is 0 Å². The van der Waals surface area contributed by atoms with Gasteiger partial charge >= 0.3 is 0 Å². The van der Waals surface area contributed by atoms with Crippen molar-refractivity contribution in [1.82, 2.24) is 29.7 Å². The molecule has 4 heterocycles. The Morgan fingerprint density at radius 1 is 1.07 bits per heavy atom. The molecule has 0 radical (unpaired) electrons. The molecule has 4 aromatic rings. The molecule has 1 aromatic carbocycles. The molecule has 2 N–H and O–H groups in total. The number of fused-ring (bicyclic) bond motifs is 1. The molecule has 7 rings (SSSR count). The summed E-state index contributed by atoms with van der Waals surface area (Å²) in [5, 5.41) is 13.6. The largest absolute Gasteiger partial charge is 0.390 e. The van der Waals surface area contributed by atoms with Crippen LogP contribution in [0.2, 0.25) is 0 Å². The second-order valence-electron chi connectivity index (χ2n) is 12.5. The first-order valence-electron chi connectivity index (χ1n) is 16.2. The maximum atomic E-state index is 13.2. The highest BCUT2D eigenvalue weighted by atomic mass is 32.1. The van der Waals surface area contributed by atoms with E-state index in [0.717, 1.165) is 66.4 Å². The Morgan fingerprint density at radius 3 is 2.65 bits per heavy atom. The number of nitrogens with one attached hydrogen (secondary N) is 1. The molecule has 11 nitrogen and oxygen atoms in total. The number of thiazole rings is 1. The number of benzene rings is 1. The highest BCUT2D eigenvalue weighted by molar-refractivity contribution is 7.22. The van der Waals surface area contributed by atoms with Crippen molar-refractivity contribution in [2.45, 2.75) is 76.3 Å². The number of amides is 2. The molecule has 0 unspecified atom stereocenters. The summed E-state index contributed by atoms with van der Waals surface area (Å²) in [6.45, 7) is 4.61. The van der Waals surface area contributed by atoms with Crippen molar-refractivity contribution in [3.8, 4) is 11.1 Å². The van der Waals surface area contributed by atoms with Crippen molar-refractivity contribution >= 4 is 38.5 Å². The summed E-state index contributed by atoms with van der Waals surface area (Å²) in [5.41, 5.74) is 3.18. The summed E-state index contributed by atoms with van der Waals surface area (Å²) in [5.74, 6) is 0.549. The molecule has 1 aliphatic heterocycles. The lowest BCUT2D eigenvalue weighted by Gasteiger charge is -2.50. The first kappa shape index (κ1) is 30.8. The van der Waals surface area contributed by atoms with E-state index in [0.29, 0.717) is 35.8 Å². The highest BCUT2D eigenvalue weighted by Gasteiger charge is 2.42. The van der Waals surface area contributed by atoms with Crippen molar-refractivity contribution in [1.29, 1.82) is 0 Å². The van der Waals surface area contributed by atoms with E-state index >= 15 is 0 Å². The zero-order chi connectivity index (χ0) is 31.6. The maximum Gasteiger partial charge on any atom is 0.272 e. The molecule has 3 aliphatic rings. The Morgan fingerprint density at radius 2 is 1.91 bits per heavy atom. The van der Waals surface area contributed by atoms with Gasteiger partial charge in [-0.1, -0.05) is 30.4 Å². The average Bonchev–Trinajstić information content (AvgIpc) is 3.67. The number of carbonyl (C=O) groups excluding carboxylic acids is 2. The van der Waals surface area contributed by atoms with Gasteiger partial charge in [-0.15, -0.1) is 0 Å². The Hall–Kier alpha value is -3.84. The fraction of sp³-hybridized carbons (Fsp3) is 0.471. The molecule has 3 fully saturated rings. The van der Waals surface area contributed by atoms with Crippen molar-refractivity contribution in [2.75, 3.05) is 25.0 Å². The molecular weight excluding hydrogens is 602 g/mol. The van der Waals surface area contributed by atoms with Crippen molar-refractivity contribution in [2.24, 2.45) is 5.92 Å². The number of aliphatic hydroxyl groups excluding tert-OH is 1. The number of aromatic nitrogens is 4. The number of piperazine rings is 1. The van der Waals surface area contributed by atoms with Gasteiger partial charge in [0, 0.05) is 61.8 Å². The predicted molar refractivity (Wildman–Crippen MR) is 175 cm³/mol. The predicted octanol–water partition coefficient (Wildman–Crippen LogP) is 4.53. The van der Waals surface area contributed by atoms with Crippen molar-refractivity contribution < 1.29 is 19.4 Å². The quantitative estimate of drug-likeness (QED) is 0.270. The molecule has 2 amide bonds. The van der Waals surface area contributed by atoms with Crippen LogP contribution in [0.5, 0.6) is 0 Å². The molecule has 3 atom stereocenters. The second-order valence-corrected chi connectivity index (χ2v) is 13.5. The van der Waals surface area contributed by atoms with E-state index < -0.39 is 6.10 Å². The second kappa shape index (κ2) is 13.5. The Labute approximate surface area is 272 Å². The lowest BCUT2D eigenvalue weighted by molar-refractivity contribution is -0.125. The van der Waals surface area contributed by atoms with Crippen LogP contribution >= 0.6 is 11.3 Å². The van der Waals surface area contributed by atoms with E-state index in [-0.39, 0.29) is 36.5 Å². The monoisotopic (exact) mass is 641 g/mol. The standard InChI is InChI=1S/C34H39N7O4S/c1-2-24-19-40(33(44)27-6-3-4-11-35-27)12-13-41(24)25-14-22(15-25)32(43)39-34-38-26-10-9-21(16-30(26)46-34)23-17-36-31(37-18-23)20-45-29-8-5-7-28(29)42/h3-4,6,9-11,16-18,22,24-25,28-29,42H,2,5,7-8,12-15,19-20H2,1H3,(H,38,39,43)/t22?,24-,25?,28-,29-/m0/s1. The van der Waals surface area contributed by atoms with Crippen LogP contribution in [0.15, 0.2) is 55.0 Å². The number of anilines is 1. The SMILES string of the molecule is CC[C@H]1CN(C(=O)c2ccccn2)CCN1C1CC(C(=O)Nc2nc3ccc(-c4cnc(CO[C@H]5CCC[C@@H]5O)nc4)cc3s2)C1. The fourth-order valence-electron chi connectivity index (χ4n) is 6.85. The number of nitrogens with zero attached hydrogens (tertiary/aromatic N) is 6. The minimum atomic E-state index is -0.399. The van der Waals surface area contributed by atoms with E-state index in [9.17, 15) is 14.7 Å². The van der Waals surface area contributed by atoms with Gasteiger partial charge in [0.2, 0.25) is 5.91 Å². The third kappa shape index (κ3) is 6.52. The van der Waals surface area contributed by atoms with E-state index in [2.05, 4.69) is 43.1 Å². The van der Waals surface area contributed by atoms with Crippen molar-refractivity contribution in [3.63, 3.8) is 0 Å². The van der Waals surface area contributed by atoms with Gasteiger partial charge in [-0.25, -0.2) is 15.0 Å². The van der Waals surface area contributed by atoms with Gasteiger partial charge in [0.05, 0.1) is 22.4 Å². The number of carbonyl (C=O) groups is 2. The van der Waals surface area contributed by atoms with Gasteiger partial charge in [-0.2, -0.15) is 0 Å². The molecule has 46 heavy (non-hydrogen) atoms. The Bertz CT molecular complexity index is 1680. The minimum Gasteiger partial charge on any atom is -0.390 e. The van der Waals surface area contributed by atoms with Crippen LogP contribution < -0.4 is 5.32 Å². The molecule has 0 bridgehead atoms. The smallest absolute Gasteiger partial charge is 0.272 e. The van der Waals surface area contributed by atoms with Gasteiger partial charge in [0.1, 0.15) is 12.3 Å². The molecule has 3 aromatic heterocycles. The topological polar surface area (TPSA) is 134 Å². The molecule has 240 valence electrons. The van der Waals surface area contributed by atoms with Crippen LogP contribution in [0.25, 0.3) is 21.3 Å².